The van der Waals surface area contributed by atoms with Crippen LogP contribution in [0, 0.1) is 31.1 Å². The van der Waals surface area contributed by atoms with Crippen LogP contribution >= 0.6 is 0 Å². The molecule has 2 aromatic heterocycles. The number of amides is 2. The van der Waals surface area contributed by atoms with Crippen LogP contribution in [-0.4, -0.2) is 58.9 Å². The molecule has 33 heavy (non-hydrogen) atoms. The third kappa shape index (κ3) is 5.14. The summed E-state index contributed by atoms with van der Waals surface area (Å²) in [5.41, 5.74) is 2.26. The Morgan fingerprint density at radius 3 is 2.52 bits per heavy atom. The van der Waals surface area contributed by atoms with E-state index in [1.807, 2.05) is 35.4 Å². The van der Waals surface area contributed by atoms with E-state index in [0.717, 1.165) is 42.7 Å². The van der Waals surface area contributed by atoms with Gasteiger partial charge in [-0.05, 0) is 44.4 Å². The molecule has 176 valence electrons. The molecule has 2 fully saturated rings. The van der Waals surface area contributed by atoms with E-state index in [-0.39, 0.29) is 18.4 Å². The van der Waals surface area contributed by atoms with Crippen molar-refractivity contribution in [1.29, 1.82) is 5.26 Å². The van der Waals surface area contributed by atoms with Crippen molar-refractivity contribution in [3.8, 4) is 6.07 Å². The summed E-state index contributed by atoms with van der Waals surface area (Å²) in [4.78, 5) is 29.7. The van der Waals surface area contributed by atoms with Gasteiger partial charge in [0, 0.05) is 37.8 Å². The number of nitrogens with one attached hydrogen (secondary N) is 1. The summed E-state index contributed by atoms with van der Waals surface area (Å²) in [6.07, 6.45) is 7.19. The van der Waals surface area contributed by atoms with Gasteiger partial charge in [0.05, 0.1) is 24.9 Å². The molecule has 0 unspecified atom stereocenters. The normalized spacial score (nSPS) is 17.7. The van der Waals surface area contributed by atoms with Gasteiger partial charge in [0.1, 0.15) is 17.6 Å². The van der Waals surface area contributed by atoms with Crippen molar-refractivity contribution in [1.82, 2.24) is 14.4 Å². The van der Waals surface area contributed by atoms with Gasteiger partial charge in [-0.25, -0.2) is 0 Å². The largest absolute Gasteiger partial charge is 0.467 e. The first-order valence-electron chi connectivity index (χ1n) is 11.9. The molecule has 1 saturated carbocycles. The topological polar surface area (TPSA) is 94.5 Å². The molecule has 0 radical (unpaired) electrons. The van der Waals surface area contributed by atoms with E-state index in [1.54, 1.807) is 6.26 Å². The molecule has 2 aromatic rings. The fourth-order valence-electron chi connectivity index (χ4n) is 5.00. The van der Waals surface area contributed by atoms with Gasteiger partial charge in [-0.15, -0.1) is 0 Å². The van der Waals surface area contributed by atoms with Crippen LogP contribution in [-0.2, 0) is 16.1 Å². The smallest absolute Gasteiger partial charge is 0.239 e. The Morgan fingerprint density at radius 1 is 1.15 bits per heavy atom. The van der Waals surface area contributed by atoms with Crippen LogP contribution in [0.1, 0.15) is 54.7 Å². The van der Waals surface area contributed by atoms with E-state index in [2.05, 4.69) is 16.3 Å². The van der Waals surface area contributed by atoms with Crippen LogP contribution in [0.4, 0.5) is 5.82 Å². The zero-order valence-electron chi connectivity index (χ0n) is 19.6. The van der Waals surface area contributed by atoms with Gasteiger partial charge in [0.2, 0.25) is 11.8 Å². The third-order valence-corrected chi connectivity index (χ3v) is 7.10. The first kappa shape index (κ1) is 23.1. The van der Waals surface area contributed by atoms with Gasteiger partial charge >= 0.3 is 0 Å². The number of hydrogen-bond acceptors (Lipinski definition) is 5. The minimum atomic E-state index is -0.156. The predicted molar refractivity (Wildman–Crippen MR) is 125 cm³/mol. The van der Waals surface area contributed by atoms with Crippen LogP contribution in [0.5, 0.6) is 0 Å². The van der Waals surface area contributed by atoms with Crippen molar-refractivity contribution in [3.05, 3.63) is 41.0 Å². The lowest BCUT2D eigenvalue weighted by molar-refractivity contribution is -0.138. The molecule has 2 amide bonds. The number of aromatic nitrogens is 1. The van der Waals surface area contributed by atoms with Crippen molar-refractivity contribution in [2.75, 3.05) is 38.0 Å². The molecule has 2 aliphatic rings. The van der Waals surface area contributed by atoms with E-state index in [1.165, 1.54) is 6.42 Å². The lowest BCUT2D eigenvalue weighted by Gasteiger charge is -2.36. The maximum absolute atomic E-state index is 12.9. The minimum absolute atomic E-state index is 0.156. The second kappa shape index (κ2) is 10.3. The number of carbonyl (C=O) groups is 2. The number of hydrogen-bond donors (Lipinski definition) is 1. The molecular formula is C25H33N5O3. The van der Waals surface area contributed by atoms with E-state index in [9.17, 15) is 14.9 Å². The van der Waals surface area contributed by atoms with Crippen LogP contribution in [0.25, 0.3) is 0 Å². The molecular weight excluding hydrogens is 418 g/mol. The Morgan fingerprint density at radius 2 is 1.88 bits per heavy atom. The molecule has 0 spiro atoms. The van der Waals surface area contributed by atoms with Crippen LogP contribution in [0.3, 0.4) is 0 Å². The first-order chi connectivity index (χ1) is 16.0. The maximum atomic E-state index is 12.9. The van der Waals surface area contributed by atoms with E-state index in [4.69, 9.17) is 4.42 Å². The highest BCUT2D eigenvalue weighted by Crippen LogP contribution is 2.28. The van der Waals surface area contributed by atoms with Crippen molar-refractivity contribution in [3.63, 3.8) is 0 Å². The van der Waals surface area contributed by atoms with Gasteiger partial charge in [0.25, 0.3) is 0 Å². The molecule has 3 heterocycles. The third-order valence-electron chi connectivity index (χ3n) is 7.10. The number of nitrogens with zero attached hydrogens (tertiary/aromatic N) is 4. The number of carbonyl (C=O) groups excluding carboxylic acids is 2. The second-order valence-corrected chi connectivity index (χ2v) is 9.20. The monoisotopic (exact) mass is 451 g/mol. The van der Waals surface area contributed by atoms with Crippen molar-refractivity contribution < 1.29 is 14.0 Å². The molecule has 8 heteroatoms. The lowest BCUT2D eigenvalue weighted by Crippen LogP contribution is -2.52. The highest BCUT2D eigenvalue weighted by molar-refractivity contribution is 5.93. The number of rotatable bonds is 6. The summed E-state index contributed by atoms with van der Waals surface area (Å²) >= 11 is 0. The number of furan rings is 1. The van der Waals surface area contributed by atoms with Gasteiger partial charge in [-0.2, -0.15) is 5.26 Å². The Balaban J connectivity index is 1.36. The van der Waals surface area contributed by atoms with Gasteiger partial charge in [-0.1, -0.05) is 19.3 Å². The highest BCUT2D eigenvalue weighted by Gasteiger charge is 2.29. The summed E-state index contributed by atoms with van der Waals surface area (Å²) in [5, 5.41) is 12.7. The van der Waals surface area contributed by atoms with Gasteiger partial charge < -0.3 is 19.2 Å². The molecule has 0 atom stereocenters. The Hall–Kier alpha value is -3.05. The van der Waals surface area contributed by atoms with Crippen LogP contribution in [0.15, 0.2) is 22.8 Å². The number of nitriles is 1. The fourth-order valence-corrected chi connectivity index (χ4v) is 5.00. The second-order valence-electron chi connectivity index (χ2n) is 9.20. The molecule has 1 aliphatic carbocycles. The number of piperazine rings is 1. The van der Waals surface area contributed by atoms with E-state index in [0.29, 0.717) is 50.0 Å². The number of anilines is 1. The summed E-state index contributed by atoms with van der Waals surface area (Å²) < 4.78 is 7.39. The highest BCUT2D eigenvalue weighted by atomic mass is 16.3. The predicted octanol–water partition coefficient (Wildman–Crippen LogP) is 3.28. The van der Waals surface area contributed by atoms with Gasteiger partial charge in [-0.3, -0.25) is 14.5 Å². The molecule has 8 nitrogen and oxygen atoms in total. The molecule has 1 aliphatic heterocycles. The van der Waals surface area contributed by atoms with Crippen molar-refractivity contribution >= 4 is 17.6 Å². The summed E-state index contributed by atoms with van der Waals surface area (Å²) in [5.74, 6) is 1.59. The van der Waals surface area contributed by atoms with Crippen molar-refractivity contribution in [2.45, 2.75) is 52.5 Å². The summed E-state index contributed by atoms with van der Waals surface area (Å²) in [6.45, 7) is 7.21. The fraction of sp³-hybridized carbons (Fsp3) is 0.560. The lowest BCUT2D eigenvalue weighted by atomic mass is 9.88. The quantitative estimate of drug-likeness (QED) is 0.727. The molecule has 1 saturated heterocycles. The zero-order valence-corrected chi connectivity index (χ0v) is 19.6. The molecule has 4 rings (SSSR count). The Bertz CT molecular complexity index is 1020. The van der Waals surface area contributed by atoms with Gasteiger partial charge in [0.15, 0.2) is 0 Å². The molecule has 0 bridgehead atoms. The standard InChI is InChI=1S/C25H33N5O3/c1-18-19(2)30(16-21-9-6-14-33-21)24(22(18)15-26)27-23(31)17-28-10-12-29(13-11-28)25(32)20-7-4-3-5-8-20/h6,9,14,20H,3-5,7-8,10-13,16-17H2,1-2H3,(H,27,31). The summed E-state index contributed by atoms with van der Waals surface area (Å²) in [6, 6.07) is 5.94. The van der Waals surface area contributed by atoms with E-state index < -0.39 is 0 Å². The van der Waals surface area contributed by atoms with Crippen LogP contribution < -0.4 is 5.32 Å². The maximum Gasteiger partial charge on any atom is 0.239 e. The zero-order chi connectivity index (χ0) is 23.4. The van der Waals surface area contributed by atoms with Crippen LogP contribution in [0.2, 0.25) is 0 Å². The average molecular weight is 452 g/mol. The SMILES string of the molecule is Cc1c(C#N)c(NC(=O)CN2CCN(C(=O)C3CCCCC3)CC2)n(Cc2ccco2)c1C. The Labute approximate surface area is 195 Å². The average Bonchev–Trinajstić information content (AvgIpc) is 3.42. The summed E-state index contributed by atoms with van der Waals surface area (Å²) in [7, 11) is 0. The van der Waals surface area contributed by atoms with Crippen molar-refractivity contribution in [2.24, 2.45) is 5.92 Å². The minimum Gasteiger partial charge on any atom is -0.467 e. The Kier molecular flexibility index (Phi) is 7.19. The first-order valence-corrected chi connectivity index (χ1v) is 11.9. The molecule has 1 N–H and O–H groups in total. The van der Waals surface area contributed by atoms with E-state index >= 15 is 0 Å². The molecule has 0 aromatic carbocycles.